The normalized spacial score (nSPS) is 16.3. The molecule has 0 spiro atoms. The van der Waals surface area contributed by atoms with Crippen LogP contribution < -0.4 is 9.47 Å². The Balaban J connectivity index is 2.19. The van der Waals surface area contributed by atoms with Gasteiger partial charge < -0.3 is 14.6 Å². The number of sulfonamides is 1. The molecule has 0 bridgehead atoms. The number of rotatable bonds is 6. The highest BCUT2D eigenvalue weighted by atomic mass is 32.2. The lowest BCUT2D eigenvalue weighted by Gasteiger charge is -2.37. The van der Waals surface area contributed by atoms with Gasteiger partial charge in [-0.25, -0.2) is 8.42 Å². The van der Waals surface area contributed by atoms with Crippen LogP contribution >= 0.6 is 0 Å². The summed E-state index contributed by atoms with van der Waals surface area (Å²) in [5.74, 6) is -0.352. The van der Waals surface area contributed by atoms with Crippen molar-refractivity contribution in [3.8, 4) is 11.5 Å². The number of ether oxygens (including phenoxy) is 2. The Morgan fingerprint density at radius 1 is 1.33 bits per heavy atom. The van der Waals surface area contributed by atoms with Crippen LogP contribution in [0, 0.1) is 5.92 Å². The number of methoxy groups -OCH3 is 2. The highest BCUT2D eigenvalue weighted by Gasteiger charge is 2.38. The van der Waals surface area contributed by atoms with E-state index in [2.05, 4.69) is 0 Å². The van der Waals surface area contributed by atoms with Crippen LogP contribution in [0.3, 0.4) is 0 Å². The lowest BCUT2D eigenvalue weighted by atomic mass is 10.00. The van der Waals surface area contributed by atoms with Crippen molar-refractivity contribution in [3.63, 3.8) is 0 Å². The first-order chi connectivity index (χ1) is 9.88. The van der Waals surface area contributed by atoms with Crippen LogP contribution in [0.1, 0.15) is 6.42 Å². The highest BCUT2D eigenvalue weighted by molar-refractivity contribution is 7.89. The smallest absolute Gasteiger partial charge is 0.303 e. The molecule has 8 heteroatoms. The molecule has 0 amide bonds. The Labute approximate surface area is 123 Å². The topological polar surface area (TPSA) is 93.1 Å². The average molecular weight is 315 g/mol. The van der Waals surface area contributed by atoms with Crippen LogP contribution in [-0.4, -0.2) is 51.1 Å². The van der Waals surface area contributed by atoms with Gasteiger partial charge in [-0.3, -0.25) is 4.79 Å². The Bertz CT molecular complexity index is 636. The molecule has 1 fully saturated rings. The summed E-state index contributed by atoms with van der Waals surface area (Å²) in [6.07, 6.45) is -0.0221. The number of carboxylic acids is 1. The maximum absolute atomic E-state index is 12.5. The summed E-state index contributed by atoms with van der Waals surface area (Å²) in [4.78, 5) is 10.7. The van der Waals surface area contributed by atoms with Crippen molar-refractivity contribution in [2.45, 2.75) is 11.3 Å². The van der Waals surface area contributed by atoms with Crippen LogP contribution in [0.25, 0.3) is 0 Å². The summed E-state index contributed by atoms with van der Waals surface area (Å²) in [6.45, 7) is 0.424. The molecule has 0 atom stereocenters. The van der Waals surface area contributed by atoms with Crippen LogP contribution in [0.2, 0.25) is 0 Å². The summed E-state index contributed by atoms with van der Waals surface area (Å²) in [5, 5.41) is 8.69. The lowest BCUT2D eigenvalue weighted by Crippen LogP contribution is -2.50. The standard InChI is InChI=1S/C13H17NO6S/c1-19-10-3-4-12(11(6-10)20-2)21(17,18)14-7-9(8-14)5-13(15)16/h3-4,6,9H,5,7-8H2,1-2H3,(H,15,16). The lowest BCUT2D eigenvalue weighted by molar-refractivity contribution is -0.139. The molecule has 116 valence electrons. The van der Waals surface area contributed by atoms with E-state index in [1.165, 1.54) is 30.7 Å². The number of carbonyl (C=O) groups is 1. The molecular formula is C13H17NO6S. The molecule has 1 N–H and O–H groups in total. The molecule has 7 nitrogen and oxygen atoms in total. The molecular weight excluding hydrogens is 298 g/mol. The van der Waals surface area contributed by atoms with Crippen LogP contribution in [0.15, 0.2) is 23.1 Å². The summed E-state index contributed by atoms with van der Waals surface area (Å²) in [7, 11) is -0.812. The first-order valence-corrected chi connectivity index (χ1v) is 7.76. The summed E-state index contributed by atoms with van der Waals surface area (Å²) in [6, 6.07) is 4.48. The molecule has 1 aromatic rings. The first-order valence-electron chi connectivity index (χ1n) is 6.32. The van der Waals surface area contributed by atoms with Crippen LogP contribution in [0.4, 0.5) is 0 Å². The third-order valence-corrected chi connectivity index (χ3v) is 5.25. The maximum atomic E-state index is 12.5. The Kier molecular flexibility index (Phi) is 4.38. The van der Waals surface area contributed by atoms with Gasteiger partial charge in [-0.15, -0.1) is 0 Å². The Morgan fingerprint density at radius 3 is 2.52 bits per heavy atom. The number of aliphatic carboxylic acids is 1. The van der Waals surface area contributed by atoms with E-state index in [9.17, 15) is 13.2 Å². The number of carboxylic acid groups (broad SMARTS) is 1. The molecule has 1 aliphatic rings. The van der Waals surface area contributed by atoms with Crippen LogP contribution in [0.5, 0.6) is 11.5 Å². The van der Waals surface area contributed by atoms with E-state index in [4.69, 9.17) is 14.6 Å². The fourth-order valence-corrected chi connectivity index (χ4v) is 3.95. The first kappa shape index (κ1) is 15.6. The second-order valence-corrected chi connectivity index (χ2v) is 6.71. The second kappa shape index (κ2) is 5.90. The van der Waals surface area contributed by atoms with Gasteiger partial charge in [0.15, 0.2) is 0 Å². The molecule has 2 rings (SSSR count). The minimum Gasteiger partial charge on any atom is -0.497 e. The summed E-state index contributed by atoms with van der Waals surface area (Å²) in [5.41, 5.74) is 0. The zero-order chi connectivity index (χ0) is 15.6. The van der Waals surface area contributed by atoms with E-state index in [1.54, 1.807) is 6.07 Å². The van der Waals surface area contributed by atoms with Crippen molar-refractivity contribution < 1.29 is 27.8 Å². The molecule has 0 aromatic heterocycles. The van der Waals surface area contributed by atoms with Crippen molar-refractivity contribution in [2.75, 3.05) is 27.3 Å². The van der Waals surface area contributed by atoms with E-state index in [0.29, 0.717) is 5.75 Å². The third-order valence-electron chi connectivity index (χ3n) is 3.38. The molecule has 1 saturated heterocycles. The number of benzene rings is 1. The van der Waals surface area contributed by atoms with E-state index >= 15 is 0 Å². The monoisotopic (exact) mass is 315 g/mol. The number of hydrogen-bond donors (Lipinski definition) is 1. The van der Waals surface area contributed by atoms with Crippen molar-refractivity contribution in [1.29, 1.82) is 0 Å². The molecule has 1 aromatic carbocycles. The molecule has 0 saturated carbocycles. The van der Waals surface area contributed by atoms with Crippen molar-refractivity contribution >= 4 is 16.0 Å². The highest BCUT2D eigenvalue weighted by Crippen LogP contribution is 2.34. The largest absolute Gasteiger partial charge is 0.497 e. The molecule has 21 heavy (non-hydrogen) atoms. The minimum atomic E-state index is -3.68. The van der Waals surface area contributed by atoms with Gasteiger partial charge in [0, 0.05) is 19.2 Å². The van der Waals surface area contributed by atoms with Gasteiger partial charge >= 0.3 is 5.97 Å². The quantitative estimate of drug-likeness (QED) is 0.834. The van der Waals surface area contributed by atoms with Gasteiger partial charge in [0.1, 0.15) is 16.4 Å². The van der Waals surface area contributed by atoms with E-state index in [-0.39, 0.29) is 36.1 Å². The molecule has 1 heterocycles. The maximum Gasteiger partial charge on any atom is 0.303 e. The minimum absolute atomic E-state index is 0.0221. The predicted octanol–water partition coefficient (Wildman–Crippen LogP) is 0.799. The van der Waals surface area contributed by atoms with Gasteiger partial charge in [0.05, 0.1) is 20.6 Å². The average Bonchev–Trinajstić information content (AvgIpc) is 2.41. The molecule has 0 radical (unpaired) electrons. The van der Waals surface area contributed by atoms with Gasteiger partial charge in [0.2, 0.25) is 10.0 Å². The van der Waals surface area contributed by atoms with Gasteiger partial charge in [-0.05, 0) is 18.1 Å². The molecule has 0 aliphatic carbocycles. The fraction of sp³-hybridized carbons (Fsp3) is 0.462. The molecule has 0 unspecified atom stereocenters. The Hall–Kier alpha value is -1.80. The number of nitrogens with zero attached hydrogens (tertiary/aromatic N) is 1. The van der Waals surface area contributed by atoms with E-state index < -0.39 is 16.0 Å². The van der Waals surface area contributed by atoms with Crippen molar-refractivity contribution in [2.24, 2.45) is 5.92 Å². The Morgan fingerprint density at radius 2 is 2.00 bits per heavy atom. The second-order valence-electron chi connectivity index (χ2n) is 4.80. The van der Waals surface area contributed by atoms with Gasteiger partial charge in [0.25, 0.3) is 0 Å². The third kappa shape index (κ3) is 3.11. The SMILES string of the molecule is COc1ccc(S(=O)(=O)N2CC(CC(=O)O)C2)c(OC)c1. The zero-order valence-electron chi connectivity index (χ0n) is 11.8. The summed E-state index contributed by atoms with van der Waals surface area (Å²) >= 11 is 0. The van der Waals surface area contributed by atoms with E-state index in [0.717, 1.165) is 0 Å². The van der Waals surface area contributed by atoms with Crippen molar-refractivity contribution in [1.82, 2.24) is 4.31 Å². The van der Waals surface area contributed by atoms with Gasteiger partial charge in [-0.2, -0.15) is 4.31 Å². The fourth-order valence-electron chi connectivity index (χ4n) is 2.22. The summed E-state index contributed by atoms with van der Waals surface area (Å²) < 4.78 is 36.4. The van der Waals surface area contributed by atoms with Crippen LogP contribution in [-0.2, 0) is 14.8 Å². The zero-order valence-corrected chi connectivity index (χ0v) is 12.6. The van der Waals surface area contributed by atoms with E-state index in [1.807, 2.05) is 0 Å². The predicted molar refractivity (Wildman–Crippen MR) is 74.0 cm³/mol. The number of hydrogen-bond acceptors (Lipinski definition) is 5. The molecule has 1 aliphatic heterocycles. The van der Waals surface area contributed by atoms with Crippen molar-refractivity contribution in [3.05, 3.63) is 18.2 Å². The van der Waals surface area contributed by atoms with Gasteiger partial charge in [-0.1, -0.05) is 0 Å².